The molecule has 0 fully saturated rings. The van der Waals surface area contributed by atoms with E-state index in [1.165, 1.54) is 21.5 Å². The summed E-state index contributed by atoms with van der Waals surface area (Å²) in [4.78, 5) is 0. The molecule has 3 aromatic rings. The molecule has 1 aromatic heterocycles. The second kappa shape index (κ2) is 15.2. The molecular formula is C48H76O4Si3. The van der Waals surface area contributed by atoms with Crippen molar-refractivity contribution in [2.75, 3.05) is 0 Å². The van der Waals surface area contributed by atoms with E-state index in [4.69, 9.17) is 17.7 Å². The van der Waals surface area contributed by atoms with Gasteiger partial charge in [-0.15, -0.1) is 0 Å². The van der Waals surface area contributed by atoms with Crippen molar-refractivity contribution < 1.29 is 17.7 Å². The number of allylic oxidation sites excluding steroid dienone is 1. The van der Waals surface area contributed by atoms with Crippen LogP contribution in [0.4, 0.5) is 0 Å². The van der Waals surface area contributed by atoms with Gasteiger partial charge in [-0.2, -0.15) is 0 Å². The van der Waals surface area contributed by atoms with Crippen LogP contribution in [0.5, 0.6) is 0 Å². The van der Waals surface area contributed by atoms with Crippen LogP contribution in [-0.4, -0.2) is 31.1 Å². The third kappa shape index (κ3) is 8.39. The van der Waals surface area contributed by atoms with Crippen molar-refractivity contribution in [3.63, 3.8) is 0 Å². The SMILES string of the molecule is CC(C)[C@@H]1[C@@H](O[Si](C)(C)C(C)(C)C)C(O[Si](C)(C)C(C)(C)C)=C[C@@]1(C)CC[C@@]1(C)CC[C@@H](O[Si](c2ccccc2)(c2ccccc2)C(C)(C)C)c2cocc21. The van der Waals surface area contributed by atoms with E-state index in [2.05, 4.69) is 183 Å². The molecule has 7 heteroatoms. The molecule has 5 rings (SSSR count). The number of rotatable bonds is 12. The molecule has 0 N–H and O–H groups in total. The molecule has 0 saturated heterocycles. The fourth-order valence-electron chi connectivity index (χ4n) is 9.16. The normalized spacial score (nSPS) is 25.6. The maximum atomic E-state index is 7.76. The van der Waals surface area contributed by atoms with E-state index in [0.29, 0.717) is 11.8 Å². The van der Waals surface area contributed by atoms with Gasteiger partial charge in [0.25, 0.3) is 8.32 Å². The molecule has 2 aliphatic carbocycles. The summed E-state index contributed by atoms with van der Waals surface area (Å²) in [6.07, 6.45) is 10.6. The Morgan fingerprint density at radius 1 is 0.709 bits per heavy atom. The van der Waals surface area contributed by atoms with E-state index in [9.17, 15) is 0 Å². The minimum absolute atomic E-state index is 0.0344. The molecule has 0 unspecified atom stereocenters. The van der Waals surface area contributed by atoms with Gasteiger partial charge >= 0.3 is 0 Å². The summed E-state index contributed by atoms with van der Waals surface area (Å²) < 4.78 is 28.7. The quantitative estimate of drug-likeness (QED) is 0.171. The molecule has 1 heterocycles. The van der Waals surface area contributed by atoms with Crippen LogP contribution in [0.1, 0.15) is 133 Å². The molecule has 0 saturated carbocycles. The Bertz CT molecular complexity index is 1730. The van der Waals surface area contributed by atoms with Crippen LogP contribution in [0, 0.1) is 17.3 Å². The Kier molecular flexibility index (Phi) is 12.2. The molecule has 0 aliphatic heterocycles. The molecule has 0 amide bonds. The number of benzene rings is 2. The first-order chi connectivity index (χ1) is 25.2. The van der Waals surface area contributed by atoms with Crippen molar-refractivity contribution in [3.8, 4) is 0 Å². The summed E-state index contributed by atoms with van der Waals surface area (Å²) in [6, 6.07) is 22.1. The van der Waals surface area contributed by atoms with E-state index in [0.717, 1.165) is 31.4 Å². The standard InChI is InChI=1S/C48H76O4Si3/c1-35(2)42-43(52-54(16,17)45(6,7)8)41(50-53(14,15)44(3,4)5)32-48(42,13)31-30-47(12)29-28-40(38-33-49-34-39(38)47)51-55(46(9,10)11,36-24-20-18-21-25-36)37-26-22-19-23-27-37/h18-27,32-35,40,42-43H,28-31H2,1-17H3/t40-,42-,43+,47-,48-/m1/s1. The van der Waals surface area contributed by atoms with Crippen LogP contribution < -0.4 is 10.4 Å². The van der Waals surface area contributed by atoms with E-state index >= 15 is 0 Å². The molecule has 0 spiro atoms. The number of hydrogen-bond acceptors (Lipinski definition) is 4. The van der Waals surface area contributed by atoms with Gasteiger partial charge in [0.15, 0.2) is 8.32 Å². The van der Waals surface area contributed by atoms with Crippen LogP contribution in [0.2, 0.25) is 41.3 Å². The third-order valence-corrected chi connectivity index (χ3v) is 28.4. The first-order valence-corrected chi connectivity index (χ1v) is 28.9. The molecule has 4 nitrogen and oxygen atoms in total. The van der Waals surface area contributed by atoms with E-state index < -0.39 is 25.0 Å². The van der Waals surface area contributed by atoms with Crippen molar-refractivity contribution in [3.05, 3.63) is 96.2 Å². The molecule has 304 valence electrons. The van der Waals surface area contributed by atoms with Crippen LogP contribution in [0.25, 0.3) is 0 Å². The lowest BCUT2D eigenvalue weighted by Crippen LogP contribution is -2.67. The maximum absolute atomic E-state index is 7.76. The van der Waals surface area contributed by atoms with Gasteiger partial charge in [0.2, 0.25) is 8.32 Å². The summed E-state index contributed by atoms with van der Waals surface area (Å²) in [7, 11) is -6.98. The number of hydrogen-bond donors (Lipinski definition) is 0. The molecule has 0 bridgehead atoms. The van der Waals surface area contributed by atoms with Gasteiger partial charge in [-0.25, -0.2) is 0 Å². The lowest BCUT2D eigenvalue weighted by atomic mass is 9.64. The highest BCUT2D eigenvalue weighted by atomic mass is 28.4. The average molecular weight is 801 g/mol. The highest BCUT2D eigenvalue weighted by Gasteiger charge is 2.56. The highest BCUT2D eigenvalue weighted by Crippen LogP contribution is 2.56. The predicted octanol–water partition coefficient (Wildman–Crippen LogP) is 13.3. The summed E-state index contributed by atoms with van der Waals surface area (Å²) in [6.45, 7) is 40.5. The van der Waals surface area contributed by atoms with Gasteiger partial charge in [0, 0.05) is 17.0 Å². The van der Waals surface area contributed by atoms with Crippen molar-refractivity contribution in [2.45, 2.75) is 175 Å². The van der Waals surface area contributed by atoms with Crippen molar-refractivity contribution in [2.24, 2.45) is 17.3 Å². The zero-order valence-electron chi connectivity index (χ0n) is 37.8. The topological polar surface area (TPSA) is 40.8 Å². The zero-order valence-corrected chi connectivity index (χ0v) is 40.8. The average Bonchev–Trinajstić information content (AvgIpc) is 3.67. The highest BCUT2D eigenvalue weighted by molar-refractivity contribution is 6.99. The van der Waals surface area contributed by atoms with Gasteiger partial charge in [-0.1, -0.05) is 151 Å². The molecule has 2 aromatic carbocycles. The van der Waals surface area contributed by atoms with Gasteiger partial charge in [0.1, 0.15) is 11.9 Å². The fraction of sp³-hybridized carbons (Fsp3) is 0.625. The lowest BCUT2D eigenvalue weighted by molar-refractivity contribution is 0.0448. The predicted molar refractivity (Wildman–Crippen MR) is 241 cm³/mol. The molecule has 55 heavy (non-hydrogen) atoms. The smallest absolute Gasteiger partial charge is 0.261 e. The van der Waals surface area contributed by atoms with Gasteiger partial charge in [-0.05, 0) is 100 Å². The first-order valence-electron chi connectivity index (χ1n) is 21.1. The third-order valence-electron chi connectivity index (χ3n) is 14.6. The Labute approximate surface area is 339 Å². The molecule has 2 aliphatic rings. The Morgan fingerprint density at radius 2 is 1.24 bits per heavy atom. The van der Waals surface area contributed by atoms with Crippen molar-refractivity contribution in [1.29, 1.82) is 0 Å². The van der Waals surface area contributed by atoms with Gasteiger partial charge in [0.05, 0.1) is 18.6 Å². The summed E-state index contributed by atoms with van der Waals surface area (Å²) in [5, 5.41) is 2.75. The van der Waals surface area contributed by atoms with Crippen molar-refractivity contribution in [1.82, 2.24) is 0 Å². The first kappa shape index (κ1) is 43.9. The molecular weight excluding hydrogens is 725 g/mol. The molecule has 5 atom stereocenters. The van der Waals surface area contributed by atoms with Crippen LogP contribution in [0.15, 0.2) is 89.4 Å². The second-order valence-electron chi connectivity index (χ2n) is 22.1. The lowest BCUT2D eigenvalue weighted by Gasteiger charge is -2.48. The van der Waals surface area contributed by atoms with Crippen LogP contribution in [-0.2, 0) is 18.7 Å². The maximum Gasteiger partial charge on any atom is 0.261 e. The summed E-state index contributed by atoms with van der Waals surface area (Å²) in [5.74, 6) is 1.86. The fourth-order valence-corrected chi connectivity index (χ4v) is 16.2. The molecule has 0 radical (unpaired) electrons. The van der Waals surface area contributed by atoms with Gasteiger partial charge < -0.3 is 17.7 Å². The largest absolute Gasteiger partial charge is 0.545 e. The Hall–Kier alpha value is -2.17. The zero-order chi connectivity index (χ0) is 41.0. The van der Waals surface area contributed by atoms with Gasteiger partial charge in [-0.3, -0.25) is 0 Å². The van der Waals surface area contributed by atoms with Crippen LogP contribution in [0.3, 0.4) is 0 Å². The van der Waals surface area contributed by atoms with E-state index in [-0.39, 0.29) is 38.2 Å². The van der Waals surface area contributed by atoms with Crippen molar-refractivity contribution >= 4 is 35.3 Å². The van der Waals surface area contributed by atoms with Crippen LogP contribution >= 0.6 is 0 Å². The monoisotopic (exact) mass is 801 g/mol. The summed E-state index contributed by atoms with van der Waals surface area (Å²) in [5.41, 5.74) is 2.44. The second-order valence-corrected chi connectivity index (χ2v) is 35.8. The Balaban J connectivity index is 1.50. The summed E-state index contributed by atoms with van der Waals surface area (Å²) >= 11 is 0. The van der Waals surface area contributed by atoms with E-state index in [1.54, 1.807) is 0 Å². The minimum atomic E-state index is -2.75. The van der Waals surface area contributed by atoms with E-state index in [1.807, 2.05) is 12.5 Å². The minimum Gasteiger partial charge on any atom is -0.545 e. The Morgan fingerprint density at radius 3 is 1.71 bits per heavy atom. The number of fused-ring (bicyclic) bond motifs is 1. The number of furan rings is 1.